The molecule has 10 rings (SSSR count). The zero-order valence-corrected chi connectivity index (χ0v) is 77.4. The van der Waals surface area contributed by atoms with E-state index in [1.165, 1.54) is 257 Å². The lowest BCUT2D eigenvalue weighted by Gasteiger charge is -2.27. The zero-order valence-electron chi connectivity index (χ0n) is 73.3. The van der Waals surface area contributed by atoms with Crippen LogP contribution >= 0.6 is 63.1 Å². The molecule has 5 aromatic carbocycles. The summed E-state index contributed by atoms with van der Waals surface area (Å²) >= 11 is 25.2. The van der Waals surface area contributed by atoms with E-state index in [9.17, 15) is 24.0 Å². The number of esters is 5. The van der Waals surface area contributed by atoms with Crippen molar-refractivity contribution >= 4 is 93.0 Å². The number of hydrogen-bond acceptors (Lipinski definition) is 10. The first kappa shape index (κ1) is 112. The van der Waals surface area contributed by atoms with E-state index < -0.39 is 0 Å². The maximum absolute atomic E-state index is 12.2. The van der Waals surface area contributed by atoms with Crippen LogP contribution in [0.1, 0.15) is 356 Å². The predicted molar refractivity (Wildman–Crippen MR) is 496 cm³/mol. The predicted octanol–water partition coefficient (Wildman–Crippen LogP) is 32.3. The molecule has 20 heteroatoms. The first-order valence-corrected chi connectivity index (χ1v) is 47.9. The number of carbonyl (C=O) groups excluding carboxylic acids is 5. The van der Waals surface area contributed by atoms with Gasteiger partial charge in [0.05, 0.1) is 29.6 Å². The quantitative estimate of drug-likeness (QED) is 0.0162. The minimum absolute atomic E-state index is 0. The second kappa shape index (κ2) is 68.5. The summed E-state index contributed by atoms with van der Waals surface area (Å²) in [5.41, 5.74) is 0. The van der Waals surface area contributed by atoms with E-state index in [0.717, 1.165) is 118 Å². The molecule has 0 N–H and O–H groups in total. The Morgan fingerprint density at radius 1 is 0.208 bits per heavy atom. The molecule has 5 aromatic rings. The van der Waals surface area contributed by atoms with E-state index in [4.69, 9.17) is 86.8 Å². The molecule has 0 amide bonds. The van der Waals surface area contributed by atoms with Crippen LogP contribution in [0.25, 0.3) is 0 Å². The van der Waals surface area contributed by atoms with E-state index in [2.05, 4.69) is 34.6 Å². The van der Waals surface area contributed by atoms with Crippen molar-refractivity contribution < 1.29 is 71.2 Å². The van der Waals surface area contributed by atoms with Crippen molar-refractivity contribution in [3.05, 3.63) is 121 Å². The van der Waals surface area contributed by atoms with Gasteiger partial charge in [0.2, 0.25) is 0 Å². The van der Waals surface area contributed by atoms with Gasteiger partial charge in [-0.05, 0) is 279 Å². The van der Waals surface area contributed by atoms with Crippen molar-refractivity contribution in [1.82, 2.24) is 0 Å². The molecule has 10 nitrogen and oxygen atoms in total. The van der Waals surface area contributed by atoms with E-state index >= 15 is 0 Å². The highest BCUT2D eigenvalue weighted by Crippen LogP contribution is 2.39. The molecule has 5 fully saturated rings. The van der Waals surface area contributed by atoms with Gasteiger partial charge in [-0.2, -0.15) is 0 Å². The summed E-state index contributed by atoms with van der Waals surface area (Å²) in [6.45, 7) is 11.3. The Hall–Kier alpha value is -5.80. The summed E-state index contributed by atoms with van der Waals surface area (Å²) in [6, 6.07) is 35.8. The van der Waals surface area contributed by atoms with E-state index in [1.807, 2.05) is 0 Å². The average Bonchev–Trinajstić information content (AvgIpc) is 0.887. The summed E-state index contributed by atoms with van der Waals surface area (Å²) < 4.78 is 27.4. The van der Waals surface area contributed by atoms with Crippen molar-refractivity contribution in [2.75, 3.05) is 0 Å². The fourth-order valence-corrected chi connectivity index (χ4v) is 17.8. The number of benzene rings is 5. The number of unbranched alkanes of at least 4 members (excludes halogenated alkanes) is 20. The number of rotatable bonds is 40. The van der Waals surface area contributed by atoms with Gasteiger partial charge in [-0.25, -0.2) is 0 Å². The third-order valence-electron chi connectivity index (χ3n) is 24.7. The number of halogens is 5. The number of ether oxygens (including phenoxy) is 5. The summed E-state index contributed by atoms with van der Waals surface area (Å²) in [5.74, 6) is 7.22. The Morgan fingerprint density at radius 2 is 0.333 bits per heavy atom. The van der Waals surface area contributed by atoms with Crippen molar-refractivity contribution in [2.24, 2.45) is 59.2 Å². The first-order valence-electron chi connectivity index (χ1n) is 45.9. The van der Waals surface area contributed by atoms with Gasteiger partial charge < -0.3 is 23.7 Å². The van der Waals surface area contributed by atoms with Crippen LogP contribution in [0, 0.1) is 59.2 Å². The van der Waals surface area contributed by atoms with Gasteiger partial charge in [0.25, 0.3) is 0 Å². The highest BCUT2D eigenvalue weighted by molar-refractivity contribution is 7.81. The second-order valence-corrected chi connectivity index (χ2v) is 36.4. The Labute approximate surface area is 748 Å². The molecule has 0 heterocycles. The second-order valence-electron chi connectivity index (χ2n) is 34.1. The van der Waals surface area contributed by atoms with E-state index in [1.54, 1.807) is 121 Å². The SMILES string of the molecule is CCCCCCCC1CCC(C(=O)Oc2ccc([S])cc2)CC1.CCCCCCCC1CCC(C(=O)Oc2ccc([S])cc2)CC1.CCCCCCCC1CCC(C(=O)Oc2ccc([S])cc2)CC1.CCCCCCCC1CCC(C(=O)Oc2ccc([S])cc2)CC1.CCCCCCCC1CCC(C(=O)Oc2ccc([S])cc2)CC1.F.F.F.F.F. The molecule has 0 bridgehead atoms. The molecular weight excluding hydrogens is 1620 g/mol. The van der Waals surface area contributed by atoms with Gasteiger partial charge in [-0.3, -0.25) is 47.5 Å². The smallest absolute Gasteiger partial charge is 0.314 e. The average molecular weight is 1770 g/mol. The van der Waals surface area contributed by atoms with Crippen LogP contribution in [0.5, 0.6) is 28.7 Å². The van der Waals surface area contributed by atoms with Crippen LogP contribution in [0.4, 0.5) is 23.5 Å². The Morgan fingerprint density at radius 3 is 0.458 bits per heavy atom. The van der Waals surface area contributed by atoms with Gasteiger partial charge in [0.1, 0.15) is 28.7 Å². The van der Waals surface area contributed by atoms with Crippen molar-refractivity contribution in [3.63, 3.8) is 0 Å². The maximum atomic E-state index is 12.2. The molecular formula is C100H150F5O10S5. The van der Waals surface area contributed by atoms with Gasteiger partial charge >= 0.3 is 29.8 Å². The highest BCUT2D eigenvalue weighted by atomic mass is 32.1. The fourth-order valence-electron chi connectivity index (χ4n) is 17.2. The van der Waals surface area contributed by atoms with Gasteiger partial charge in [0, 0.05) is 24.5 Å². The van der Waals surface area contributed by atoms with Crippen LogP contribution in [-0.2, 0) is 24.0 Å². The van der Waals surface area contributed by atoms with Crippen LogP contribution in [0.15, 0.2) is 146 Å². The van der Waals surface area contributed by atoms with E-state index in [0.29, 0.717) is 28.7 Å². The van der Waals surface area contributed by atoms with E-state index in [-0.39, 0.29) is 83.0 Å². The zero-order chi connectivity index (χ0) is 82.5. The molecule has 5 aliphatic rings. The fraction of sp³-hybridized carbons (Fsp3) is 0.650. The summed E-state index contributed by atoms with van der Waals surface area (Å²) in [7, 11) is 0. The molecule has 0 saturated heterocycles. The Bertz CT molecular complexity index is 2850. The summed E-state index contributed by atoms with van der Waals surface area (Å²) in [6.07, 6.45) is 62.2. The first-order chi connectivity index (χ1) is 55.9. The van der Waals surface area contributed by atoms with Crippen LogP contribution in [0.2, 0.25) is 0 Å². The van der Waals surface area contributed by atoms with Gasteiger partial charge in [0.15, 0.2) is 0 Å². The normalized spacial score (nSPS) is 20.2. The summed E-state index contributed by atoms with van der Waals surface area (Å²) in [4.78, 5) is 65.1. The standard InChI is InChI=1S/5C20H29O2S.5FH/c5*1-2-3-4-5-6-7-16-8-10-17(11-9-16)20(21)22-18-12-14-19(23)15-13-18;;;;;/h5*12-17H,2-11H2,1H3;5*1H. The lowest BCUT2D eigenvalue weighted by molar-refractivity contribution is -0.141. The topological polar surface area (TPSA) is 132 Å². The monoisotopic (exact) mass is 1770 g/mol. The van der Waals surface area contributed by atoms with Crippen LogP contribution in [-0.4, -0.2) is 29.8 Å². The largest absolute Gasteiger partial charge is 0.426 e. The summed E-state index contributed by atoms with van der Waals surface area (Å²) in [5, 5.41) is 0. The molecule has 5 aliphatic carbocycles. The molecule has 0 atom stereocenters. The number of hydrogen-bond donors (Lipinski definition) is 0. The molecule has 5 saturated carbocycles. The molecule has 0 unspecified atom stereocenters. The van der Waals surface area contributed by atoms with Crippen LogP contribution in [0.3, 0.4) is 0 Å². The molecule has 0 aliphatic heterocycles. The molecule has 120 heavy (non-hydrogen) atoms. The molecule has 0 spiro atoms. The van der Waals surface area contributed by atoms with Crippen molar-refractivity contribution in [1.29, 1.82) is 0 Å². The number of carbonyl (C=O) groups is 5. The maximum Gasteiger partial charge on any atom is 0.314 e. The van der Waals surface area contributed by atoms with Gasteiger partial charge in [-0.15, -0.1) is 0 Å². The molecule has 675 valence electrons. The lowest BCUT2D eigenvalue weighted by atomic mass is 9.80. The lowest BCUT2D eigenvalue weighted by Crippen LogP contribution is -2.25. The van der Waals surface area contributed by atoms with Crippen molar-refractivity contribution in [2.45, 2.75) is 380 Å². The Balaban J connectivity index is 0.000000742. The minimum Gasteiger partial charge on any atom is -0.426 e. The Kier molecular flexibility index (Phi) is 64.1. The molecule has 0 aromatic heterocycles. The van der Waals surface area contributed by atoms with Crippen molar-refractivity contribution in [3.8, 4) is 28.7 Å². The third-order valence-corrected chi connectivity index (χ3v) is 26.1. The van der Waals surface area contributed by atoms with Crippen LogP contribution < -0.4 is 23.7 Å². The minimum atomic E-state index is -0.0662. The third kappa shape index (κ3) is 48.5. The molecule has 5 radical (unpaired) electrons. The highest BCUT2D eigenvalue weighted by Gasteiger charge is 2.33. The van der Waals surface area contributed by atoms with Gasteiger partial charge in [-0.1, -0.05) is 290 Å².